The number of nitrogens with zero attached hydrogens (tertiary/aromatic N) is 1. The van der Waals surface area contributed by atoms with Gasteiger partial charge in [-0.15, -0.1) is 0 Å². The van der Waals surface area contributed by atoms with Gasteiger partial charge in [0.05, 0.1) is 0 Å². The van der Waals surface area contributed by atoms with Crippen molar-refractivity contribution in [2.24, 2.45) is 5.73 Å². The smallest absolute Gasteiger partial charge is 0.263 e. The second-order valence-corrected chi connectivity index (χ2v) is 4.50. The van der Waals surface area contributed by atoms with Gasteiger partial charge in [-0.2, -0.15) is 0 Å². The zero-order valence-electron chi connectivity index (χ0n) is 9.94. The molecule has 2 atom stereocenters. The van der Waals surface area contributed by atoms with Crippen LogP contribution in [0.1, 0.15) is 36.9 Å². The van der Waals surface area contributed by atoms with Crippen LogP contribution in [0.5, 0.6) is 0 Å². The van der Waals surface area contributed by atoms with Crippen molar-refractivity contribution < 1.29 is 8.78 Å². The molecule has 1 saturated heterocycles. The van der Waals surface area contributed by atoms with Crippen LogP contribution in [0.25, 0.3) is 0 Å². The van der Waals surface area contributed by atoms with E-state index in [1.54, 1.807) is 12.1 Å². The summed E-state index contributed by atoms with van der Waals surface area (Å²) < 4.78 is 25.3. The fourth-order valence-corrected chi connectivity index (χ4v) is 2.57. The fraction of sp³-hybridized carbons (Fsp3) is 0.538. The third kappa shape index (κ3) is 2.48. The van der Waals surface area contributed by atoms with Gasteiger partial charge in [-0.1, -0.05) is 25.1 Å². The van der Waals surface area contributed by atoms with E-state index in [4.69, 9.17) is 5.73 Å². The first-order valence-corrected chi connectivity index (χ1v) is 6.01. The maximum Gasteiger partial charge on any atom is 0.263 e. The largest absolute Gasteiger partial charge is 0.326 e. The van der Waals surface area contributed by atoms with Crippen LogP contribution >= 0.6 is 0 Å². The molecule has 1 aliphatic heterocycles. The van der Waals surface area contributed by atoms with Crippen LogP contribution in [0.15, 0.2) is 24.3 Å². The lowest BCUT2D eigenvalue weighted by Gasteiger charge is -2.26. The van der Waals surface area contributed by atoms with Crippen molar-refractivity contribution in [2.75, 3.05) is 13.1 Å². The lowest BCUT2D eigenvalue weighted by molar-refractivity contribution is 0.151. The van der Waals surface area contributed by atoms with Crippen molar-refractivity contribution in [1.82, 2.24) is 4.90 Å². The minimum atomic E-state index is -2.41. The van der Waals surface area contributed by atoms with Gasteiger partial charge in [0.25, 0.3) is 6.43 Å². The molecule has 0 aromatic heterocycles. The van der Waals surface area contributed by atoms with E-state index in [0.29, 0.717) is 0 Å². The van der Waals surface area contributed by atoms with Crippen LogP contribution in [0.4, 0.5) is 8.78 Å². The minimum absolute atomic E-state index is 0.0443. The summed E-state index contributed by atoms with van der Waals surface area (Å²) in [5.74, 6) is 0. The van der Waals surface area contributed by atoms with Gasteiger partial charge >= 0.3 is 0 Å². The second kappa shape index (κ2) is 5.10. The van der Waals surface area contributed by atoms with E-state index >= 15 is 0 Å². The molecule has 2 unspecified atom stereocenters. The molecule has 1 aromatic carbocycles. The highest BCUT2D eigenvalue weighted by Gasteiger charge is 2.31. The third-order valence-corrected chi connectivity index (χ3v) is 3.46. The van der Waals surface area contributed by atoms with E-state index in [-0.39, 0.29) is 17.6 Å². The zero-order chi connectivity index (χ0) is 12.4. The Bertz CT molecular complexity index is 381. The Balaban J connectivity index is 2.29. The van der Waals surface area contributed by atoms with Gasteiger partial charge in [-0.05, 0) is 24.6 Å². The topological polar surface area (TPSA) is 29.3 Å². The molecule has 0 bridgehead atoms. The monoisotopic (exact) mass is 240 g/mol. The van der Waals surface area contributed by atoms with Gasteiger partial charge in [0.2, 0.25) is 0 Å². The molecule has 2 N–H and O–H groups in total. The summed E-state index contributed by atoms with van der Waals surface area (Å²) in [4.78, 5) is 2.25. The molecule has 0 aliphatic carbocycles. The number of likely N-dealkylation sites (tertiary alicyclic amines) is 1. The van der Waals surface area contributed by atoms with Crippen LogP contribution in [0.2, 0.25) is 0 Å². The van der Waals surface area contributed by atoms with Crippen LogP contribution < -0.4 is 5.73 Å². The lowest BCUT2D eigenvalue weighted by atomic mass is 9.99. The van der Waals surface area contributed by atoms with Crippen molar-refractivity contribution in [3.05, 3.63) is 35.4 Å². The lowest BCUT2D eigenvalue weighted by Crippen LogP contribution is -2.31. The number of nitrogens with two attached hydrogens (primary N) is 1. The van der Waals surface area contributed by atoms with Crippen molar-refractivity contribution >= 4 is 0 Å². The molecule has 4 heteroatoms. The first-order valence-electron chi connectivity index (χ1n) is 6.01. The molecule has 1 aromatic rings. The molecule has 1 aliphatic rings. The molecule has 94 valence electrons. The molecule has 0 spiro atoms. The van der Waals surface area contributed by atoms with Crippen LogP contribution in [0, 0.1) is 0 Å². The molecular weight excluding hydrogens is 222 g/mol. The Labute approximate surface area is 100 Å². The predicted octanol–water partition coefficient (Wildman–Crippen LogP) is 2.72. The summed E-state index contributed by atoms with van der Waals surface area (Å²) in [6.07, 6.45) is -1.49. The molecule has 2 nitrogen and oxygen atoms in total. The van der Waals surface area contributed by atoms with Crippen molar-refractivity contribution in [2.45, 2.75) is 31.9 Å². The molecule has 2 rings (SSSR count). The Morgan fingerprint density at radius 3 is 2.88 bits per heavy atom. The first-order chi connectivity index (χ1) is 8.13. The van der Waals surface area contributed by atoms with Gasteiger partial charge in [-0.25, -0.2) is 8.78 Å². The average molecular weight is 240 g/mol. The second-order valence-electron chi connectivity index (χ2n) is 4.50. The van der Waals surface area contributed by atoms with E-state index in [9.17, 15) is 8.78 Å². The molecule has 1 heterocycles. The number of halogens is 2. The van der Waals surface area contributed by atoms with Crippen LogP contribution in [-0.2, 0) is 0 Å². The molecule has 0 radical (unpaired) electrons. The number of hydrogen-bond acceptors (Lipinski definition) is 2. The average Bonchev–Trinajstić information content (AvgIpc) is 2.70. The summed E-state index contributed by atoms with van der Waals surface area (Å²) in [7, 11) is 0. The normalized spacial score (nSPS) is 25.7. The molecular formula is C13H18F2N2. The number of hydrogen-bond donors (Lipinski definition) is 1. The predicted molar refractivity (Wildman–Crippen MR) is 64.0 cm³/mol. The Morgan fingerprint density at radius 2 is 2.24 bits per heavy atom. The Kier molecular flexibility index (Phi) is 3.74. The molecule has 1 fully saturated rings. The fourth-order valence-electron chi connectivity index (χ4n) is 2.57. The maximum atomic E-state index is 12.7. The summed E-state index contributed by atoms with van der Waals surface area (Å²) in [5.41, 5.74) is 7.07. The Morgan fingerprint density at radius 1 is 1.47 bits per heavy atom. The quantitative estimate of drug-likeness (QED) is 0.880. The Hall–Kier alpha value is -1.00. The van der Waals surface area contributed by atoms with E-state index in [1.807, 2.05) is 6.07 Å². The number of rotatable bonds is 3. The zero-order valence-corrected chi connectivity index (χ0v) is 9.94. The summed E-state index contributed by atoms with van der Waals surface area (Å²) in [6, 6.07) is 6.76. The van der Waals surface area contributed by atoms with Crippen molar-refractivity contribution in [1.29, 1.82) is 0 Å². The molecule has 17 heavy (non-hydrogen) atoms. The summed E-state index contributed by atoms with van der Waals surface area (Å²) in [6.45, 7) is 3.92. The summed E-state index contributed by atoms with van der Waals surface area (Å²) in [5, 5.41) is 0. The standard InChI is InChI=1S/C13H18F2N2/c1-2-17-7-6-11(16)12(17)9-4-3-5-10(8-9)13(14)15/h3-5,8,11-13H,2,6-7,16H2,1H3. The van der Waals surface area contributed by atoms with Crippen molar-refractivity contribution in [3.63, 3.8) is 0 Å². The van der Waals surface area contributed by atoms with Gasteiger partial charge in [-0.3, -0.25) is 4.90 Å². The molecule has 0 saturated carbocycles. The number of likely N-dealkylation sites (N-methyl/N-ethyl adjacent to an activating group) is 1. The number of alkyl halides is 2. The highest BCUT2D eigenvalue weighted by molar-refractivity contribution is 5.28. The van der Waals surface area contributed by atoms with Gasteiger partial charge < -0.3 is 5.73 Å². The molecule has 0 amide bonds. The van der Waals surface area contributed by atoms with Gasteiger partial charge in [0.15, 0.2) is 0 Å². The third-order valence-electron chi connectivity index (χ3n) is 3.46. The highest BCUT2D eigenvalue weighted by atomic mass is 19.3. The van der Waals surface area contributed by atoms with Crippen molar-refractivity contribution in [3.8, 4) is 0 Å². The maximum absolute atomic E-state index is 12.7. The van der Waals surface area contributed by atoms with Gasteiger partial charge in [0.1, 0.15) is 0 Å². The van der Waals surface area contributed by atoms with Crippen LogP contribution in [0.3, 0.4) is 0 Å². The van der Waals surface area contributed by atoms with E-state index < -0.39 is 6.43 Å². The SMILES string of the molecule is CCN1CCC(N)C1c1cccc(C(F)F)c1. The minimum Gasteiger partial charge on any atom is -0.326 e. The van der Waals surface area contributed by atoms with Gasteiger partial charge in [0, 0.05) is 24.2 Å². The number of benzene rings is 1. The van der Waals surface area contributed by atoms with E-state index in [1.165, 1.54) is 6.07 Å². The van der Waals surface area contributed by atoms with Crippen LogP contribution in [-0.4, -0.2) is 24.0 Å². The van der Waals surface area contributed by atoms with E-state index in [2.05, 4.69) is 11.8 Å². The van der Waals surface area contributed by atoms with E-state index in [0.717, 1.165) is 25.1 Å². The highest BCUT2D eigenvalue weighted by Crippen LogP contribution is 2.32. The first kappa shape index (κ1) is 12.5. The summed E-state index contributed by atoms with van der Waals surface area (Å²) >= 11 is 0.